The number of aromatic nitrogens is 1. The Hall–Kier alpha value is -4.20. The van der Waals surface area contributed by atoms with Gasteiger partial charge in [-0.1, -0.05) is 42.5 Å². The van der Waals surface area contributed by atoms with Crippen LogP contribution in [0.4, 0.5) is 8.78 Å². The summed E-state index contributed by atoms with van der Waals surface area (Å²) in [4.78, 5) is 17.2. The van der Waals surface area contributed by atoms with Crippen LogP contribution in [0.5, 0.6) is 17.2 Å². The van der Waals surface area contributed by atoms with E-state index in [9.17, 15) is 13.6 Å². The third-order valence-corrected chi connectivity index (χ3v) is 5.36. The molecular formula is C28H25F2NO5. The maximum Gasteiger partial charge on any atom is 0.272 e. The average Bonchev–Trinajstić information content (AvgIpc) is 3.39. The van der Waals surface area contributed by atoms with Gasteiger partial charge in [-0.3, -0.25) is 4.79 Å². The van der Waals surface area contributed by atoms with Gasteiger partial charge in [-0.15, -0.1) is 0 Å². The Kier molecular flexibility index (Phi) is 8.28. The number of alkyl halides is 2. The predicted molar refractivity (Wildman–Crippen MR) is 130 cm³/mol. The summed E-state index contributed by atoms with van der Waals surface area (Å²) in [6.07, 6.45) is -0.686. The van der Waals surface area contributed by atoms with Gasteiger partial charge in [0, 0.05) is 18.4 Å². The van der Waals surface area contributed by atoms with Crippen molar-refractivity contribution in [2.45, 2.75) is 25.9 Å². The van der Waals surface area contributed by atoms with Crippen molar-refractivity contribution in [2.24, 2.45) is 0 Å². The molecule has 0 bridgehead atoms. The van der Waals surface area contributed by atoms with E-state index < -0.39 is 13.0 Å². The smallest absolute Gasteiger partial charge is 0.272 e. The monoisotopic (exact) mass is 493 g/mol. The van der Waals surface area contributed by atoms with Gasteiger partial charge in [0.1, 0.15) is 25.2 Å². The second kappa shape index (κ2) is 12.0. The molecule has 0 saturated heterocycles. The summed E-state index contributed by atoms with van der Waals surface area (Å²) in [5, 5.41) is 0. The van der Waals surface area contributed by atoms with Crippen LogP contribution >= 0.6 is 0 Å². The summed E-state index contributed by atoms with van der Waals surface area (Å²) in [6, 6.07) is 21.5. The highest BCUT2D eigenvalue weighted by Crippen LogP contribution is 2.33. The molecule has 4 aromatic rings. The first kappa shape index (κ1) is 24.9. The van der Waals surface area contributed by atoms with Crippen LogP contribution < -0.4 is 14.2 Å². The first-order valence-electron chi connectivity index (χ1n) is 11.4. The van der Waals surface area contributed by atoms with Crippen molar-refractivity contribution >= 4 is 5.78 Å². The fraction of sp³-hybridized carbons (Fsp3) is 0.214. The number of benzene rings is 3. The summed E-state index contributed by atoms with van der Waals surface area (Å²) in [7, 11) is 1.57. The number of rotatable bonds is 12. The number of halogens is 2. The molecule has 186 valence electrons. The molecule has 0 N–H and O–H groups in total. The number of carbonyl (C=O) groups excluding carboxylic acids is 1. The molecule has 8 heteroatoms. The Balaban J connectivity index is 1.42. The van der Waals surface area contributed by atoms with Crippen LogP contribution in [-0.2, 0) is 13.0 Å². The van der Waals surface area contributed by atoms with Crippen LogP contribution in [0.1, 0.15) is 28.0 Å². The van der Waals surface area contributed by atoms with Crippen LogP contribution in [0.3, 0.4) is 0 Å². The minimum atomic E-state index is -2.62. The van der Waals surface area contributed by atoms with E-state index in [-0.39, 0.29) is 23.5 Å². The number of nitrogens with zero attached hydrogens (tertiary/aromatic N) is 1. The highest BCUT2D eigenvalue weighted by molar-refractivity contribution is 5.98. The number of hydrogen-bond donors (Lipinski definition) is 0. The van der Waals surface area contributed by atoms with Crippen LogP contribution in [0.2, 0.25) is 0 Å². The first-order chi connectivity index (χ1) is 17.5. The molecule has 0 fully saturated rings. The maximum absolute atomic E-state index is 12.7. The molecule has 0 aliphatic heterocycles. The lowest BCUT2D eigenvalue weighted by Gasteiger charge is -2.11. The summed E-state index contributed by atoms with van der Waals surface area (Å²) in [6.45, 7) is -0.391. The second-order valence-electron chi connectivity index (χ2n) is 7.91. The molecule has 1 aromatic heterocycles. The molecule has 0 spiro atoms. The van der Waals surface area contributed by atoms with Crippen molar-refractivity contribution in [3.05, 3.63) is 95.9 Å². The van der Waals surface area contributed by atoms with Crippen molar-refractivity contribution < 1.29 is 32.2 Å². The first-order valence-corrected chi connectivity index (χ1v) is 11.4. The molecule has 0 aliphatic carbocycles. The quantitative estimate of drug-likeness (QED) is 0.213. The van der Waals surface area contributed by atoms with E-state index >= 15 is 0 Å². The second-order valence-corrected chi connectivity index (χ2v) is 7.91. The number of ether oxygens (including phenoxy) is 3. The van der Waals surface area contributed by atoms with Crippen molar-refractivity contribution in [1.29, 1.82) is 0 Å². The van der Waals surface area contributed by atoms with Crippen LogP contribution in [0.15, 0.2) is 83.5 Å². The van der Waals surface area contributed by atoms with Gasteiger partial charge in [-0.2, -0.15) is 0 Å². The average molecular weight is 494 g/mol. The van der Waals surface area contributed by atoms with Crippen LogP contribution in [0, 0.1) is 0 Å². The molecule has 1 heterocycles. The Morgan fingerprint density at radius 3 is 2.50 bits per heavy atom. The van der Waals surface area contributed by atoms with E-state index in [0.717, 1.165) is 5.56 Å². The van der Waals surface area contributed by atoms with Gasteiger partial charge in [-0.05, 0) is 35.9 Å². The fourth-order valence-corrected chi connectivity index (χ4v) is 3.56. The minimum absolute atomic E-state index is 0.120. The lowest BCUT2D eigenvalue weighted by molar-refractivity contribution is 0.0799. The highest BCUT2D eigenvalue weighted by Gasteiger charge is 2.16. The third kappa shape index (κ3) is 6.47. The van der Waals surface area contributed by atoms with Gasteiger partial charge in [0.15, 0.2) is 17.3 Å². The molecule has 0 saturated carbocycles. The minimum Gasteiger partial charge on any atom is -0.493 e. The number of hydrogen-bond acceptors (Lipinski definition) is 6. The van der Waals surface area contributed by atoms with Crippen molar-refractivity contribution in [3.8, 4) is 28.7 Å². The Morgan fingerprint density at radius 1 is 0.944 bits per heavy atom. The van der Waals surface area contributed by atoms with Gasteiger partial charge in [0.05, 0.1) is 18.4 Å². The molecular weight excluding hydrogens is 468 g/mol. The predicted octanol–water partition coefficient (Wildman–Crippen LogP) is 6.39. The summed E-state index contributed by atoms with van der Waals surface area (Å²) < 4.78 is 47.1. The number of methoxy groups -OCH3 is 1. The molecule has 0 amide bonds. The summed E-state index contributed by atoms with van der Waals surface area (Å²) in [5.74, 6) is 1.43. The van der Waals surface area contributed by atoms with Crippen molar-refractivity contribution in [2.75, 3.05) is 13.7 Å². The topological polar surface area (TPSA) is 70.8 Å². The summed E-state index contributed by atoms with van der Waals surface area (Å²) in [5.41, 5.74) is 2.57. The van der Waals surface area contributed by atoms with E-state index in [1.165, 1.54) is 12.3 Å². The number of oxazole rings is 1. The third-order valence-electron chi connectivity index (χ3n) is 5.36. The zero-order valence-corrected chi connectivity index (χ0v) is 19.7. The normalized spacial score (nSPS) is 10.9. The van der Waals surface area contributed by atoms with E-state index in [0.29, 0.717) is 41.7 Å². The standard InChI is InChI=1S/C28H25F2NO5/c1-33-25-14-11-20(15-26(25)34-16-19-7-3-2-4-8-19)28-31-21(17-36-28)12-13-23(32)22-9-5-6-10-24(22)35-18-27(29)30/h2-11,14-15,17,27H,12-13,16,18H2,1H3. The molecule has 6 nitrogen and oxygen atoms in total. The molecule has 0 unspecified atom stereocenters. The Labute approximate surface area is 207 Å². The number of para-hydroxylation sites is 1. The Morgan fingerprint density at radius 2 is 1.72 bits per heavy atom. The van der Waals surface area contributed by atoms with E-state index in [1.807, 2.05) is 36.4 Å². The number of ketones is 1. The van der Waals surface area contributed by atoms with Crippen LogP contribution in [-0.4, -0.2) is 30.9 Å². The van der Waals surface area contributed by atoms with Crippen molar-refractivity contribution in [1.82, 2.24) is 4.98 Å². The van der Waals surface area contributed by atoms with Gasteiger partial charge in [-0.25, -0.2) is 13.8 Å². The summed E-state index contributed by atoms with van der Waals surface area (Å²) >= 11 is 0. The molecule has 36 heavy (non-hydrogen) atoms. The number of aryl methyl sites for hydroxylation is 1. The van der Waals surface area contributed by atoms with Gasteiger partial charge >= 0.3 is 0 Å². The number of carbonyl (C=O) groups is 1. The largest absolute Gasteiger partial charge is 0.493 e. The van der Waals surface area contributed by atoms with Crippen LogP contribution in [0.25, 0.3) is 11.5 Å². The van der Waals surface area contributed by atoms with Crippen molar-refractivity contribution in [3.63, 3.8) is 0 Å². The van der Waals surface area contributed by atoms with Gasteiger partial charge in [0.2, 0.25) is 5.89 Å². The Bertz CT molecular complexity index is 1290. The zero-order chi connectivity index (χ0) is 25.3. The lowest BCUT2D eigenvalue weighted by atomic mass is 10.0. The SMILES string of the molecule is COc1ccc(-c2nc(CCC(=O)c3ccccc3OCC(F)F)co2)cc1OCc1ccccc1. The molecule has 4 rings (SSSR count). The van der Waals surface area contributed by atoms with E-state index in [2.05, 4.69) is 4.98 Å². The molecule has 0 aliphatic rings. The molecule has 0 radical (unpaired) electrons. The molecule has 3 aromatic carbocycles. The van der Waals surface area contributed by atoms with Gasteiger partial charge in [0.25, 0.3) is 6.43 Å². The fourth-order valence-electron chi connectivity index (χ4n) is 3.56. The highest BCUT2D eigenvalue weighted by atomic mass is 19.3. The maximum atomic E-state index is 12.7. The lowest BCUT2D eigenvalue weighted by Crippen LogP contribution is -2.10. The zero-order valence-electron chi connectivity index (χ0n) is 19.7. The van der Waals surface area contributed by atoms with Gasteiger partial charge < -0.3 is 18.6 Å². The van der Waals surface area contributed by atoms with E-state index in [4.69, 9.17) is 18.6 Å². The molecule has 0 atom stereocenters. The number of Topliss-reactive ketones (excluding diaryl/α,β-unsaturated/α-hetero) is 1. The van der Waals surface area contributed by atoms with E-state index in [1.54, 1.807) is 37.4 Å².